The van der Waals surface area contributed by atoms with Crippen molar-refractivity contribution < 1.29 is 9.59 Å². The van der Waals surface area contributed by atoms with Crippen LogP contribution in [0.1, 0.15) is 23.7 Å². The van der Waals surface area contributed by atoms with Gasteiger partial charge in [-0.05, 0) is 29.3 Å². The van der Waals surface area contributed by atoms with Gasteiger partial charge in [0.15, 0.2) is 5.78 Å². The maximum atomic E-state index is 12.0. The normalized spacial score (nSPS) is 10.5. The third-order valence-electron chi connectivity index (χ3n) is 4.22. The third-order valence-corrected chi connectivity index (χ3v) is 4.22. The fraction of sp³-hybridized carbons (Fsp3) is 0.190. The molecule has 0 bridgehead atoms. The second kappa shape index (κ2) is 7.78. The number of rotatable bonds is 6. The predicted molar refractivity (Wildman–Crippen MR) is 102 cm³/mol. The number of aromatic nitrogens is 2. The molecule has 0 saturated carbocycles. The van der Waals surface area contributed by atoms with Crippen molar-refractivity contribution in [2.24, 2.45) is 0 Å². The number of carbonyl (C=O) groups is 2. The third kappa shape index (κ3) is 3.88. The fourth-order valence-corrected chi connectivity index (χ4v) is 2.76. The molecule has 1 amide bonds. The predicted octanol–water partition coefficient (Wildman–Crippen LogP) is 3.56. The summed E-state index contributed by atoms with van der Waals surface area (Å²) < 4.78 is 1.61. The Morgan fingerprint density at radius 3 is 2.42 bits per heavy atom. The minimum Gasteiger partial charge on any atom is -0.358 e. The summed E-state index contributed by atoms with van der Waals surface area (Å²) in [5, 5.41) is 7.05. The number of carbonyl (C=O) groups excluding carboxylic acids is 2. The van der Waals surface area contributed by atoms with E-state index in [0.717, 1.165) is 27.9 Å². The Balaban J connectivity index is 1.89. The minimum atomic E-state index is -0.0918. The van der Waals surface area contributed by atoms with Gasteiger partial charge in [0.25, 0.3) is 0 Å². The van der Waals surface area contributed by atoms with Crippen LogP contribution in [0.5, 0.6) is 0 Å². The smallest absolute Gasteiger partial charge is 0.241 e. The number of Topliss-reactive ketones (excluding diaryl/α,β-unsaturated/α-hetero) is 1. The Morgan fingerprint density at radius 1 is 1.00 bits per heavy atom. The zero-order valence-corrected chi connectivity index (χ0v) is 14.9. The van der Waals surface area contributed by atoms with Crippen LogP contribution in [0.25, 0.3) is 22.4 Å². The van der Waals surface area contributed by atoms with Crippen molar-refractivity contribution >= 4 is 11.7 Å². The van der Waals surface area contributed by atoms with E-state index in [4.69, 9.17) is 0 Å². The van der Waals surface area contributed by atoms with Crippen molar-refractivity contribution in [1.29, 1.82) is 0 Å². The number of nitrogens with zero attached hydrogens (tertiary/aromatic N) is 2. The monoisotopic (exact) mass is 347 g/mol. The Morgan fingerprint density at radius 2 is 1.69 bits per heavy atom. The average Bonchev–Trinajstić information content (AvgIpc) is 3.16. The minimum absolute atomic E-state index is 0.0918. The Labute approximate surface area is 152 Å². The summed E-state index contributed by atoms with van der Waals surface area (Å²) in [6, 6.07) is 17.6. The van der Waals surface area contributed by atoms with Crippen molar-refractivity contribution in [1.82, 2.24) is 15.1 Å². The van der Waals surface area contributed by atoms with E-state index < -0.39 is 0 Å². The summed E-state index contributed by atoms with van der Waals surface area (Å²) >= 11 is 0. The molecule has 0 aliphatic rings. The first-order valence-corrected chi connectivity index (χ1v) is 8.59. The van der Waals surface area contributed by atoms with E-state index in [1.54, 1.807) is 17.9 Å². The van der Waals surface area contributed by atoms with Gasteiger partial charge in [-0.15, -0.1) is 0 Å². The van der Waals surface area contributed by atoms with Crippen molar-refractivity contribution in [2.75, 3.05) is 7.05 Å². The summed E-state index contributed by atoms with van der Waals surface area (Å²) in [5.41, 5.74) is 4.51. The molecule has 1 heterocycles. The van der Waals surface area contributed by atoms with Crippen LogP contribution in [0.15, 0.2) is 60.8 Å². The molecule has 0 atom stereocenters. The molecule has 1 aromatic heterocycles. The lowest BCUT2D eigenvalue weighted by Crippen LogP contribution is -2.23. The summed E-state index contributed by atoms with van der Waals surface area (Å²) in [5.74, 6) is 0.0433. The van der Waals surface area contributed by atoms with E-state index in [2.05, 4.69) is 10.4 Å². The van der Waals surface area contributed by atoms with Gasteiger partial charge in [-0.25, -0.2) is 0 Å². The number of ketones is 1. The summed E-state index contributed by atoms with van der Waals surface area (Å²) in [6.07, 6.45) is 2.28. The second-order valence-corrected chi connectivity index (χ2v) is 6.01. The van der Waals surface area contributed by atoms with Crippen molar-refractivity contribution in [3.05, 3.63) is 66.4 Å². The SMILES string of the molecule is CCC(=O)c1cccc(-c2cccc(-c3ccn(CC(=O)NC)n3)c2)c1. The van der Waals surface area contributed by atoms with Crippen LogP contribution in [0.3, 0.4) is 0 Å². The van der Waals surface area contributed by atoms with Crippen LogP contribution < -0.4 is 5.32 Å². The highest BCUT2D eigenvalue weighted by Gasteiger charge is 2.08. The molecule has 1 N–H and O–H groups in total. The van der Waals surface area contributed by atoms with Crippen LogP contribution >= 0.6 is 0 Å². The molecular weight excluding hydrogens is 326 g/mol. The fourth-order valence-electron chi connectivity index (χ4n) is 2.76. The van der Waals surface area contributed by atoms with Gasteiger partial charge in [0.2, 0.25) is 5.91 Å². The van der Waals surface area contributed by atoms with Crippen LogP contribution in [-0.4, -0.2) is 28.5 Å². The van der Waals surface area contributed by atoms with Crippen molar-refractivity contribution in [2.45, 2.75) is 19.9 Å². The molecule has 132 valence electrons. The molecule has 0 unspecified atom stereocenters. The molecule has 3 rings (SSSR count). The van der Waals surface area contributed by atoms with Crippen LogP contribution in [-0.2, 0) is 11.3 Å². The average molecular weight is 347 g/mol. The zero-order valence-electron chi connectivity index (χ0n) is 14.9. The summed E-state index contributed by atoms with van der Waals surface area (Å²) in [4.78, 5) is 23.4. The number of likely N-dealkylation sites (N-methyl/N-ethyl adjacent to an activating group) is 1. The Bertz CT molecular complexity index is 944. The van der Waals surface area contributed by atoms with Gasteiger partial charge in [-0.1, -0.05) is 43.3 Å². The summed E-state index contributed by atoms with van der Waals surface area (Å²) in [6.45, 7) is 2.06. The van der Waals surface area contributed by atoms with Gasteiger partial charge in [0, 0.05) is 30.8 Å². The highest BCUT2D eigenvalue weighted by atomic mass is 16.2. The molecule has 5 nitrogen and oxygen atoms in total. The standard InChI is InChI=1S/C21H21N3O2/c1-3-20(25)18-9-5-7-16(13-18)15-6-4-8-17(12-15)19-10-11-24(23-19)14-21(26)22-2/h4-13H,3,14H2,1-2H3,(H,22,26). The molecule has 0 spiro atoms. The van der Waals surface area contributed by atoms with Crippen LogP contribution in [0, 0.1) is 0 Å². The van der Waals surface area contributed by atoms with Gasteiger partial charge in [0.1, 0.15) is 6.54 Å². The number of hydrogen-bond donors (Lipinski definition) is 1. The molecule has 0 fully saturated rings. The number of hydrogen-bond acceptors (Lipinski definition) is 3. The van der Waals surface area contributed by atoms with E-state index in [9.17, 15) is 9.59 Å². The van der Waals surface area contributed by atoms with E-state index in [1.807, 2.05) is 61.5 Å². The zero-order chi connectivity index (χ0) is 18.5. The van der Waals surface area contributed by atoms with Gasteiger partial charge in [-0.3, -0.25) is 14.3 Å². The maximum absolute atomic E-state index is 12.0. The second-order valence-electron chi connectivity index (χ2n) is 6.01. The van der Waals surface area contributed by atoms with Gasteiger partial charge in [0.05, 0.1) is 5.69 Å². The molecule has 2 aromatic carbocycles. The lowest BCUT2D eigenvalue weighted by Gasteiger charge is -2.06. The largest absolute Gasteiger partial charge is 0.358 e. The molecule has 3 aromatic rings. The van der Waals surface area contributed by atoms with Crippen molar-refractivity contribution in [3.63, 3.8) is 0 Å². The molecule has 26 heavy (non-hydrogen) atoms. The van der Waals surface area contributed by atoms with Crippen LogP contribution in [0.4, 0.5) is 0 Å². The lowest BCUT2D eigenvalue weighted by molar-refractivity contribution is -0.121. The van der Waals surface area contributed by atoms with E-state index in [0.29, 0.717) is 6.42 Å². The van der Waals surface area contributed by atoms with E-state index >= 15 is 0 Å². The Kier molecular flexibility index (Phi) is 5.27. The highest BCUT2D eigenvalue weighted by Crippen LogP contribution is 2.26. The summed E-state index contributed by atoms with van der Waals surface area (Å²) in [7, 11) is 1.60. The van der Waals surface area contributed by atoms with E-state index in [-0.39, 0.29) is 18.2 Å². The van der Waals surface area contributed by atoms with Crippen LogP contribution in [0.2, 0.25) is 0 Å². The molecule has 5 heteroatoms. The van der Waals surface area contributed by atoms with Gasteiger partial charge < -0.3 is 5.32 Å². The quantitative estimate of drug-likeness (QED) is 0.694. The number of benzene rings is 2. The number of nitrogens with one attached hydrogen (secondary N) is 1. The first-order chi connectivity index (χ1) is 12.6. The molecular formula is C21H21N3O2. The Hall–Kier alpha value is -3.21. The number of amides is 1. The molecule has 0 aliphatic carbocycles. The maximum Gasteiger partial charge on any atom is 0.241 e. The lowest BCUT2D eigenvalue weighted by atomic mass is 9.98. The first-order valence-electron chi connectivity index (χ1n) is 8.59. The molecule has 0 radical (unpaired) electrons. The van der Waals surface area contributed by atoms with E-state index in [1.165, 1.54) is 0 Å². The topological polar surface area (TPSA) is 64.0 Å². The van der Waals surface area contributed by atoms with Crippen molar-refractivity contribution in [3.8, 4) is 22.4 Å². The molecule has 0 saturated heterocycles. The van der Waals surface area contributed by atoms with Gasteiger partial charge in [-0.2, -0.15) is 5.10 Å². The molecule has 0 aliphatic heterocycles. The first kappa shape index (κ1) is 17.6. The highest BCUT2D eigenvalue weighted by molar-refractivity contribution is 5.97. The van der Waals surface area contributed by atoms with Gasteiger partial charge >= 0.3 is 0 Å².